The molecule has 2 heterocycles. The monoisotopic (exact) mass is 370 g/mol. The Balaban J connectivity index is 1.42. The molecule has 144 valence electrons. The third-order valence-electron chi connectivity index (χ3n) is 4.44. The topological polar surface area (TPSA) is 76.6 Å². The molecule has 1 aliphatic rings. The van der Waals surface area contributed by atoms with E-state index in [1.807, 2.05) is 29.2 Å². The van der Waals surface area contributed by atoms with Crippen LogP contribution in [0.1, 0.15) is 32.6 Å². The normalized spacial score (nSPS) is 14.6. The number of hydrogen-bond donors (Lipinski definition) is 1. The molecule has 1 aliphatic heterocycles. The van der Waals surface area contributed by atoms with Gasteiger partial charge in [-0.25, -0.2) is 14.8 Å². The quantitative estimate of drug-likeness (QED) is 0.752. The highest BCUT2D eigenvalue weighted by Gasteiger charge is 2.24. The first kappa shape index (κ1) is 18.9. The zero-order valence-corrected chi connectivity index (χ0v) is 15.6. The smallest absolute Gasteiger partial charge is 0.321 e. The van der Waals surface area contributed by atoms with E-state index >= 15 is 0 Å². The van der Waals surface area contributed by atoms with Gasteiger partial charge in [-0.05, 0) is 30.7 Å². The van der Waals surface area contributed by atoms with Gasteiger partial charge in [0, 0.05) is 43.9 Å². The molecule has 27 heavy (non-hydrogen) atoms. The van der Waals surface area contributed by atoms with Crippen LogP contribution in [0.2, 0.25) is 0 Å². The molecule has 0 spiro atoms. The van der Waals surface area contributed by atoms with E-state index in [2.05, 4.69) is 22.2 Å². The van der Waals surface area contributed by atoms with Crippen LogP contribution in [0.25, 0.3) is 0 Å². The summed E-state index contributed by atoms with van der Waals surface area (Å²) in [5.41, 5.74) is 0.766. The summed E-state index contributed by atoms with van der Waals surface area (Å²) in [6.07, 6.45) is 6.90. The molecular weight excluding hydrogens is 344 g/mol. The summed E-state index contributed by atoms with van der Waals surface area (Å²) >= 11 is 0. The third-order valence-corrected chi connectivity index (χ3v) is 4.44. The fourth-order valence-electron chi connectivity index (χ4n) is 2.87. The third kappa shape index (κ3) is 5.84. The SMILES string of the molecule is CCCCOc1ccc(NC(=O)N2CCC(Oc3ccncn3)CC2)cc1. The molecular formula is C20H26N4O3. The van der Waals surface area contributed by atoms with Gasteiger partial charge in [0.1, 0.15) is 18.2 Å². The molecule has 0 aliphatic carbocycles. The van der Waals surface area contributed by atoms with E-state index in [0.717, 1.165) is 37.1 Å². The van der Waals surface area contributed by atoms with Crippen LogP contribution < -0.4 is 14.8 Å². The number of urea groups is 1. The molecule has 3 rings (SSSR count). The lowest BCUT2D eigenvalue weighted by molar-refractivity contribution is 0.111. The van der Waals surface area contributed by atoms with Crippen molar-refractivity contribution < 1.29 is 14.3 Å². The Morgan fingerprint density at radius 3 is 2.67 bits per heavy atom. The predicted molar refractivity (Wildman–Crippen MR) is 103 cm³/mol. The molecule has 0 bridgehead atoms. The molecule has 1 aromatic heterocycles. The summed E-state index contributed by atoms with van der Waals surface area (Å²) in [5, 5.41) is 2.94. The number of rotatable bonds is 7. The van der Waals surface area contributed by atoms with Crippen LogP contribution >= 0.6 is 0 Å². The second-order valence-electron chi connectivity index (χ2n) is 6.51. The number of ether oxygens (including phenoxy) is 2. The largest absolute Gasteiger partial charge is 0.494 e. The van der Waals surface area contributed by atoms with Crippen molar-refractivity contribution in [3.63, 3.8) is 0 Å². The average Bonchev–Trinajstić information content (AvgIpc) is 2.71. The van der Waals surface area contributed by atoms with Crippen molar-refractivity contribution in [2.45, 2.75) is 38.7 Å². The standard InChI is InChI=1S/C20H26N4O3/c1-2-3-14-26-17-6-4-16(5-7-17)23-20(25)24-12-9-18(10-13-24)27-19-8-11-21-15-22-19/h4-8,11,15,18H,2-3,9-10,12-14H2,1H3,(H,23,25). The molecule has 1 fully saturated rings. The van der Waals surface area contributed by atoms with E-state index in [9.17, 15) is 4.79 Å². The van der Waals surface area contributed by atoms with Gasteiger partial charge in [0.15, 0.2) is 0 Å². The molecule has 7 nitrogen and oxygen atoms in total. The number of nitrogens with one attached hydrogen (secondary N) is 1. The summed E-state index contributed by atoms with van der Waals surface area (Å²) in [6.45, 7) is 4.15. The van der Waals surface area contributed by atoms with Gasteiger partial charge in [0.25, 0.3) is 0 Å². The minimum Gasteiger partial charge on any atom is -0.494 e. The van der Waals surface area contributed by atoms with Crippen LogP contribution in [-0.2, 0) is 0 Å². The number of nitrogens with zero attached hydrogens (tertiary/aromatic N) is 3. The number of anilines is 1. The first-order valence-electron chi connectivity index (χ1n) is 9.46. The summed E-state index contributed by atoms with van der Waals surface area (Å²) in [4.78, 5) is 22.2. The van der Waals surface area contributed by atoms with Gasteiger partial charge in [0.05, 0.1) is 6.61 Å². The average molecular weight is 370 g/mol. The Kier molecular flexibility index (Phi) is 6.84. The number of amides is 2. The number of hydrogen-bond acceptors (Lipinski definition) is 5. The fourth-order valence-corrected chi connectivity index (χ4v) is 2.87. The number of unbranched alkanes of at least 4 members (excludes halogenated alkanes) is 1. The van der Waals surface area contributed by atoms with Crippen molar-refractivity contribution in [1.29, 1.82) is 0 Å². The van der Waals surface area contributed by atoms with Crippen molar-refractivity contribution >= 4 is 11.7 Å². The zero-order valence-electron chi connectivity index (χ0n) is 15.6. The number of carbonyl (C=O) groups excluding carboxylic acids is 1. The van der Waals surface area contributed by atoms with Crippen molar-refractivity contribution in [2.24, 2.45) is 0 Å². The van der Waals surface area contributed by atoms with Crippen molar-refractivity contribution in [1.82, 2.24) is 14.9 Å². The fraction of sp³-hybridized carbons (Fsp3) is 0.450. The highest BCUT2D eigenvalue weighted by Crippen LogP contribution is 2.19. The molecule has 2 aromatic rings. The molecule has 7 heteroatoms. The van der Waals surface area contributed by atoms with Gasteiger partial charge < -0.3 is 19.7 Å². The number of aromatic nitrogens is 2. The zero-order chi connectivity index (χ0) is 18.9. The van der Waals surface area contributed by atoms with E-state index < -0.39 is 0 Å². The van der Waals surface area contributed by atoms with E-state index in [-0.39, 0.29) is 12.1 Å². The summed E-state index contributed by atoms with van der Waals surface area (Å²) in [7, 11) is 0. The number of piperidine rings is 1. The van der Waals surface area contributed by atoms with E-state index in [4.69, 9.17) is 9.47 Å². The minimum absolute atomic E-state index is 0.0727. The first-order valence-corrected chi connectivity index (χ1v) is 9.46. The maximum Gasteiger partial charge on any atom is 0.321 e. The van der Waals surface area contributed by atoms with Crippen molar-refractivity contribution in [3.05, 3.63) is 42.9 Å². The minimum atomic E-state index is -0.0878. The summed E-state index contributed by atoms with van der Waals surface area (Å²) in [6, 6.07) is 9.15. The highest BCUT2D eigenvalue weighted by atomic mass is 16.5. The van der Waals surface area contributed by atoms with Gasteiger partial charge in [-0.2, -0.15) is 0 Å². The molecule has 0 atom stereocenters. The molecule has 0 saturated carbocycles. The van der Waals surface area contributed by atoms with Crippen LogP contribution in [0, 0.1) is 0 Å². The van der Waals surface area contributed by atoms with Crippen LogP contribution in [0.15, 0.2) is 42.9 Å². The summed E-state index contributed by atoms with van der Waals surface area (Å²) < 4.78 is 11.5. The molecule has 1 N–H and O–H groups in total. The van der Waals surface area contributed by atoms with Gasteiger partial charge >= 0.3 is 6.03 Å². The molecule has 0 radical (unpaired) electrons. The Hall–Kier alpha value is -2.83. The number of benzene rings is 1. The molecule has 0 unspecified atom stereocenters. The van der Waals surface area contributed by atoms with Gasteiger partial charge in [0.2, 0.25) is 5.88 Å². The second-order valence-corrected chi connectivity index (χ2v) is 6.51. The predicted octanol–water partition coefficient (Wildman–Crippen LogP) is 3.73. The van der Waals surface area contributed by atoms with Gasteiger partial charge in [-0.1, -0.05) is 13.3 Å². The molecule has 2 amide bonds. The first-order chi connectivity index (χ1) is 13.2. The van der Waals surface area contributed by atoms with E-state index in [0.29, 0.717) is 25.6 Å². The van der Waals surface area contributed by atoms with Crippen LogP contribution in [0.4, 0.5) is 10.5 Å². The lowest BCUT2D eigenvalue weighted by Gasteiger charge is -2.31. The lowest BCUT2D eigenvalue weighted by Crippen LogP contribution is -2.43. The van der Waals surface area contributed by atoms with Crippen molar-refractivity contribution in [2.75, 3.05) is 25.0 Å². The summed E-state index contributed by atoms with van der Waals surface area (Å²) in [5.74, 6) is 1.40. The Morgan fingerprint density at radius 2 is 2.00 bits per heavy atom. The van der Waals surface area contributed by atoms with Gasteiger partial charge in [-0.3, -0.25) is 0 Å². The van der Waals surface area contributed by atoms with E-state index in [1.165, 1.54) is 6.33 Å². The number of likely N-dealkylation sites (tertiary alicyclic amines) is 1. The Morgan fingerprint density at radius 1 is 1.22 bits per heavy atom. The number of carbonyl (C=O) groups is 1. The van der Waals surface area contributed by atoms with Crippen LogP contribution in [-0.4, -0.2) is 46.7 Å². The Labute approximate surface area is 159 Å². The molecule has 1 saturated heterocycles. The lowest BCUT2D eigenvalue weighted by atomic mass is 10.1. The van der Waals surface area contributed by atoms with Crippen LogP contribution in [0.5, 0.6) is 11.6 Å². The molecule has 1 aromatic carbocycles. The second kappa shape index (κ2) is 9.75. The van der Waals surface area contributed by atoms with Crippen LogP contribution in [0.3, 0.4) is 0 Å². The van der Waals surface area contributed by atoms with Gasteiger partial charge in [-0.15, -0.1) is 0 Å². The Bertz CT molecular complexity index is 701. The van der Waals surface area contributed by atoms with E-state index in [1.54, 1.807) is 12.3 Å². The van der Waals surface area contributed by atoms with Crippen molar-refractivity contribution in [3.8, 4) is 11.6 Å². The maximum absolute atomic E-state index is 12.5. The maximum atomic E-state index is 12.5. The highest BCUT2D eigenvalue weighted by molar-refractivity contribution is 5.89.